The van der Waals surface area contributed by atoms with Crippen molar-refractivity contribution in [1.29, 1.82) is 0 Å². The molecule has 0 bridgehead atoms. The van der Waals surface area contributed by atoms with Gasteiger partial charge in [-0.15, -0.1) is 0 Å². The molecule has 0 atom stereocenters. The Kier molecular flexibility index (Phi) is 10.6. The Labute approximate surface area is 86.8 Å². The first-order chi connectivity index (χ1) is 6.27. The van der Waals surface area contributed by atoms with Crippen molar-refractivity contribution in [2.45, 2.75) is 33.3 Å². The Morgan fingerprint density at radius 1 is 1.31 bits per heavy atom. The highest BCUT2D eigenvalue weighted by molar-refractivity contribution is 7.99. The summed E-state index contributed by atoms with van der Waals surface area (Å²) in [4.78, 5) is 0. The maximum atomic E-state index is 5.42. The van der Waals surface area contributed by atoms with Crippen LogP contribution in [0.2, 0.25) is 0 Å². The van der Waals surface area contributed by atoms with Crippen LogP contribution < -0.4 is 5.32 Å². The van der Waals surface area contributed by atoms with Gasteiger partial charge in [-0.25, -0.2) is 0 Å². The highest BCUT2D eigenvalue weighted by Crippen LogP contribution is 1.95. The van der Waals surface area contributed by atoms with Crippen molar-refractivity contribution >= 4 is 11.8 Å². The standard InChI is InChI=1S/C10H23NOS/c1-4-13-9-7-11-6-5-8-12-10(2)3/h10-11H,4-9H2,1-3H3. The average molecular weight is 205 g/mol. The summed E-state index contributed by atoms with van der Waals surface area (Å²) < 4.78 is 5.42. The van der Waals surface area contributed by atoms with Crippen LogP contribution in [0.4, 0.5) is 0 Å². The summed E-state index contributed by atoms with van der Waals surface area (Å²) in [5.74, 6) is 2.44. The number of ether oxygens (including phenoxy) is 1. The summed E-state index contributed by atoms with van der Waals surface area (Å²) in [6.45, 7) is 9.43. The van der Waals surface area contributed by atoms with E-state index < -0.39 is 0 Å². The Hall–Kier alpha value is 0.270. The van der Waals surface area contributed by atoms with Gasteiger partial charge < -0.3 is 10.1 Å². The summed E-state index contributed by atoms with van der Waals surface area (Å²) in [6, 6.07) is 0. The zero-order valence-electron chi connectivity index (χ0n) is 9.14. The van der Waals surface area contributed by atoms with Gasteiger partial charge in [0.05, 0.1) is 6.10 Å². The lowest BCUT2D eigenvalue weighted by atomic mass is 10.4. The van der Waals surface area contributed by atoms with Crippen molar-refractivity contribution in [2.75, 3.05) is 31.2 Å². The molecular formula is C10H23NOS. The summed E-state index contributed by atoms with van der Waals surface area (Å²) in [7, 11) is 0. The first kappa shape index (κ1) is 13.3. The van der Waals surface area contributed by atoms with Crippen molar-refractivity contribution in [1.82, 2.24) is 5.32 Å². The van der Waals surface area contributed by atoms with E-state index in [1.54, 1.807) is 0 Å². The predicted octanol–water partition coefficient (Wildman–Crippen LogP) is 2.14. The normalized spacial score (nSPS) is 11.1. The van der Waals surface area contributed by atoms with Gasteiger partial charge in [0.25, 0.3) is 0 Å². The highest BCUT2D eigenvalue weighted by atomic mass is 32.2. The quantitative estimate of drug-likeness (QED) is 0.583. The van der Waals surface area contributed by atoms with Crippen LogP contribution in [0.1, 0.15) is 27.2 Å². The molecule has 0 amide bonds. The Balaban J connectivity index is 2.84. The molecule has 0 radical (unpaired) electrons. The van der Waals surface area contributed by atoms with Crippen molar-refractivity contribution in [3.63, 3.8) is 0 Å². The Bertz CT molecular complexity index is 98.9. The zero-order valence-corrected chi connectivity index (χ0v) is 9.95. The highest BCUT2D eigenvalue weighted by Gasteiger charge is 1.92. The predicted molar refractivity (Wildman–Crippen MR) is 61.6 cm³/mol. The van der Waals surface area contributed by atoms with Crippen LogP contribution in [0.5, 0.6) is 0 Å². The lowest BCUT2D eigenvalue weighted by molar-refractivity contribution is 0.0772. The minimum Gasteiger partial charge on any atom is -0.379 e. The van der Waals surface area contributed by atoms with Gasteiger partial charge in [-0.1, -0.05) is 6.92 Å². The van der Waals surface area contributed by atoms with Gasteiger partial charge in [0.2, 0.25) is 0 Å². The largest absolute Gasteiger partial charge is 0.379 e. The van der Waals surface area contributed by atoms with E-state index in [2.05, 4.69) is 26.1 Å². The van der Waals surface area contributed by atoms with Gasteiger partial charge in [-0.2, -0.15) is 11.8 Å². The van der Waals surface area contributed by atoms with E-state index in [4.69, 9.17) is 4.74 Å². The summed E-state index contributed by atoms with van der Waals surface area (Å²) in [5.41, 5.74) is 0. The molecule has 13 heavy (non-hydrogen) atoms. The zero-order chi connectivity index (χ0) is 9.94. The maximum absolute atomic E-state index is 5.42. The SMILES string of the molecule is CCSCCNCCCOC(C)C. The fourth-order valence-electron chi connectivity index (χ4n) is 0.930. The monoisotopic (exact) mass is 205 g/mol. The molecule has 0 saturated carbocycles. The van der Waals surface area contributed by atoms with E-state index in [1.807, 2.05) is 11.8 Å². The van der Waals surface area contributed by atoms with Gasteiger partial charge >= 0.3 is 0 Å². The van der Waals surface area contributed by atoms with Crippen molar-refractivity contribution in [3.05, 3.63) is 0 Å². The fourth-order valence-corrected chi connectivity index (χ4v) is 1.51. The molecule has 0 aromatic carbocycles. The molecule has 0 aliphatic rings. The van der Waals surface area contributed by atoms with Crippen LogP contribution in [0, 0.1) is 0 Å². The Morgan fingerprint density at radius 3 is 2.69 bits per heavy atom. The molecule has 0 aliphatic carbocycles. The summed E-state index contributed by atoms with van der Waals surface area (Å²) in [5, 5.41) is 3.39. The molecule has 0 saturated heterocycles. The van der Waals surface area contributed by atoms with Crippen LogP contribution in [0.25, 0.3) is 0 Å². The smallest absolute Gasteiger partial charge is 0.0518 e. The summed E-state index contributed by atoms with van der Waals surface area (Å²) in [6.07, 6.45) is 1.49. The van der Waals surface area contributed by atoms with Crippen LogP contribution >= 0.6 is 11.8 Å². The van der Waals surface area contributed by atoms with Gasteiger partial charge in [0.15, 0.2) is 0 Å². The molecule has 0 rings (SSSR count). The molecule has 0 heterocycles. The average Bonchev–Trinajstić information content (AvgIpc) is 2.09. The van der Waals surface area contributed by atoms with Crippen LogP contribution in [0.15, 0.2) is 0 Å². The van der Waals surface area contributed by atoms with E-state index >= 15 is 0 Å². The van der Waals surface area contributed by atoms with Gasteiger partial charge in [0.1, 0.15) is 0 Å². The first-order valence-corrected chi connectivity index (χ1v) is 6.33. The molecule has 0 unspecified atom stereocenters. The number of rotatable bonds is 9. The first-order valence-electron chi connectivity index (χ1n) is 5.17. The van der Waals surface area contributed by atoms with E-state index in [0.717, 1.165) is 26.1 Å². The lowest BCUT2D eigenvalue weighted by Gasteiger charge is -2.07. The van der Waals surface area contributed by atoms with E-state index in [9.17, 15) is 0 Å². The van der Waals surface area contributed by atoms with Crippen molar-refractivity contribution in [3.8, 4) is 0 Å². The second-order valence-electron chi connectivity index (χ2n) is 3.22. The molecule has 0 aliphatic heterocycles. The van der Waals surface area contributed by atoms with Gasteiger partial charge in [0, 0.05) is 18.9 Å². The Morgan fingerprint density at radius 2 is 2.08 bits per heavy atom. The van der Waals surface area contributed by atoms with E-state index in [0.29, 0.717) is 6.10 Å². The van der Waals surface area contributed by atoms with Crippen LogP contribution in [-0.4, -0.2) is 37.3 Å². The van der Waals surface area contributed by atoms with Crippen LogP contribution in [0.3, 0.4) is 0 Å². The lowest BCUT2D eigenvalue weighted by Crippen LogP contribution is -2.20. The minimum absolute atomic E-state index is 0.371. The second kappa shape index (κ2) is 10.4. The molecule has 0 spiro atoms. The number of hydrogen-bond acceptors (Lipinski definition) is 3. The molecule has 2 nitrogen and oxygen atoms in total. The van der Waals surface area contributed by atoms with E-state index in [-0.39, 0.29) is 0 Å². The molecule has 3 heteroatoms. The minimum atomic E-state index is 0.371. The van der Waals surface area contributed by atoms with Crippen molar-refractivity contribution in [2.24, 2.45) is 0 Å². The maximum Gasteiger partial charge on any atom is 0.0518 e. The fraction of sp³-hybridized carbons (Fsp3) is 1.00. The number of nitrogens with one attached hydrogen (secondary N) is 1. The van der Waals surface area contributed by atoms with Crippen molar-refractivity contribution < 1.29 is 4.74 Å². The third-order valence-corrected chi connectivity index (χ3v) is 2.48. The number of hydrogen-bond donors (Lipinski definition) is 1. The molecular weight excluding hydrogens is 182 g/mol. The topological polar surface area (TPSA) is 21.3 Å². The molecule has 0 fully saturated rings. The van der Waals surface area contributed by atoms with Gasteiger partial charge in [-0.3, -0.25) is 0 Å². The van der Waals surface area contributed by atoms with Gasteiger partial charge in [-0.05, 0) is 32.6 Å². The van der Waals surface area contributed by atoms with E-state index in [1.165, 1.54) is 11.5 Å². The molecule has 1 N–H and O–H groups in total. The second-order valence-corrected chi connectivity index (χ2v) is 4.61. The third kappa shape index (κ3) is 12.3. The third-order valence-electron chi connectivity index (χ3n) is 1.58. The van der Waals surface area contributed by atoms with Crippen LogP contribution in [-0.2, 0) is 4.74 Å². The molecule has 0 aromatic heterocycles. The molecule has 0 aromatic rings. The number of thioether (sulfide) groups is 1. The summed E-state index contributed by atoms with van der Waals surface area (Å²) >= 11 is 1.98. The molecule has 80 valence electrons.